The molecule has 0 aliphatic carbocycles. The third-order valence-corrected chi connectivity index (χ3v) is 4.62. The number of nitrogens with zero attached hydrogens (tertiary/aromatic N) is 1. The van der Waals surface area contributed by atoms with Crippen LogP contribution >= 0.6 is 11.6 Å². The first-order chi connectivity index (χ1) is 11.0. The molecule has 0 spiro atoms. The Morgan fingerprint density at radius 1 is 1.30 bits per heavy atom. The third-order valence-electron chi connectivity index (χ3n) is 4.40. The van der Waals surface area contributed by atoms with Gasteiger partial charge in [0.05, 0.1) is 12.7 Å². The van der Waals surface area contributed by atoms with E-state index >= 15 is 0 Å². The van der Waals surface area contributed by atoms with E-state index < -0.39 is 5.97 Å². The summed E-state index contributed by atoms with van der Waals surface area (Å²) >= 11 is 6.12. The van der Waals surface area contributed by atoms with Crippen LogP contribution in [0.5, 0.6) is 0 Å². The van der Waals surface area contributed by atoms with Gasteiger partial charge in [0.2, 0.25) is 0 Å². The van der Waals surface area contributed by atoms with Crippen molar-refractivity contribution in [2.24, 2.45) is 0 Å². The molecule has 0 radical (unpaired) electrons. The van der Waals surface area contributed by atoms with Crippen LogP contribution in [0.1, 0.15) is 65.8 Å². The number of fused-ring (bicyclic) bond motifs is 1. The van der Waals surface area contributed by atoms with E-state index in [1.54, 1.807) is 12.1 Å². The highest BCUT2D eigenvalue weighted by molar-refractivity contribution is 6.31. The molecule has 0 N–H and O–H groups in total. The van der Waals surface area contributed by atoms with Gasteiger partial charge in [-0.05, 0) is 37.0 Å². The number of hydrogen-bond donors (Lipinski definition) is 0. The molecule has 23 heavy (non-hydrogen) atoms. The average Bonchev–Trinajstić information content (AvgIpc) is 2.54. The van der Waals surface area contributed by atoms with Crippen molar-refractivity contribution >= 4 is 23.5 Å². The second-order valence-corrected chi connectivity index (χ2v) is 6.39. The van der Waals surface area contributed by atoms with E-state index in [0.717, 1.165) is 31.2 Å². The lowest BCUT2D eigenvalue weighted by molar-refractivity contribution is 0.0595. The lowest BCUT2D eigenvalue weighted by atomic mass is 9.91. The summed E-state index contributed by atoms with van der Waals surface area (Å²) in [4.78, 5) is 26.8. The maximum Gasteiger partial charge on any atom is 0.338 e. The highest BCUT2D eigenvalue weighted by atomic mass is 35.5. The van der Waals surface area contributed by atoms with Crippen LogP contribution in [0.25, 0.3) is 0 Å². The minimum Gasteiger partial charge on any atom is -0.465 e. The van der Waals surface area contributed by atoms with E-state index in [9.17, 15) is 9.59 Å². The fourth-order valence-electron chi connectivity index (χ4n) is 3.35. The first-order valence-electron chi connectivity index (χ1n) is 8.25. The summed E-state index contributed by atoms with van der Waals surface area (Å²) in [5, 5.41) is 0.391. The second-order valence-electron chi connectivity index (χ2n) is 5.95. The Labute approximate surface area is 142 Å². The molecule has 4 nitrogen and oxygen atoms in total. The van der Waals surface area contributed by atoms with E-state index in [1.807, 2.05) is 4.90 Å². The minimum atomic E-state index is -0.441. The number of halogens is 1. The zero-order valence-electron chi connectivity index (χ0n) is 14.0. The maximum absolute atomic E-state index is 12.9. The molecular formula is C18H24ClNO3. The van der Waals surface area contributed by atoms with Crippen molar-refractivity contribution in [2.75, 3.05) is 13.7 Å². The Morgan fingerprint density at radius 2 is 1.96 bits per heavy atom. The zero-order valence-corrected chi connectivity index (χ0v) is 14.8. The first-order valence-corrected chi connectivity index (χ1v) is 8.62. The molecule has 2 rings (SSSR count). The van der Waals surface area contributed by atoms with Gasteiger partial charge in [0.1, 0.15) is 0 Å². The molecule has 0 unspecified atom stereocenters. The number of methoxy groups -OCH3 is 1. The lowest BCUT2D eigenvalue weighted by Crippen LogP contribution is -2.45. The largest absolute Gasteiger partial charge is 0.465 e. The quantitative estimate of drug-likeness (QED) is 0.734. The van der Waals surface area contributed by atoms with Gasteiger partial charge in [0.15, 0.2) is 0 Å². The molecule has 0 bridgehead atoms. The van der Waals surface area contributed by atoms with Crippen LogP contribution in [-0.2, 0) is 11.2 Å². The zero-order chi connectivity index (χ0) is 17.0. The normalized spacial score (nSPS) is 14.1. The molecule has 0 aromatic heterocycles. The number of hydrogen-bond acceptors (Lipinski definition) is 3. The molecule has 0 atom stereocenters. The van der Waals surface area contributed by atoms with Gasteiger partial charge in [-0.1, -0.05) is 38.3 Å². The van der Waals surface area contributed by atoms with Crippen LogP contribution < -0.4 is 0 Å². The molecule has 1 heterocycles. The molecule has 0 saturated carbocycles. The number of esters is 1. The monoisotopic (exact) mass is 337 g/mol. The Morgan fingerprint density at radius 3 is 2.52 bits per heavy atom. The Bertz CT molecular complexity index is 594. The fraction of sp³-hybridized carbons (Fsp3) is 0.556. The van der Waals surface area contributed by atoms with Gasteiger partial charge in [-0.3, -0.25) is 4.79 Å². The standard InChI is InChI=1S/C18H24ClNO3/c1-4-6-13(7-5-2)20-9-8-14-15(17(20)21)10-12(19)11-16(14)18(22)23-3/h10-11,13H,4-9H2,1-3H3. The molecule has 126 valence electrons. The van der Waals surface area contributed by atoms with Gasteiger partial charge in [0.25, 0.3) is 5.91 Å². The van der Waals surface area contributed by atoms with Crippen molar-refractivity contribution in [3.05, 3.63) is 33.8 Å². The van der Waals surface area contributed by atoms with Crippen LogP contribution in [0.4, 0.5) is 0 Å². The fourth-order valence-corrected chi connectivity index (χ4v) is 3.57. The number of amides is 1. The number of rotatable bonds is 6. The van der Waals surface area contributed by atoms with Crippen LogP contribution in [0.15, 0.2) is 12.1 Å². The topological polar surface area (TPSA) is 46.6 Å². The van der Waals surface area contributed by atoms with Crippen molar-refractivity contribution in [3.63, 3.8) is 0 Å². The van der Waals surface area contributed by atoms with Crippen molar-refractivity contribution in [2.45, 2.75) is 52.0 Å². The molecule has 1 aliphatic heterocycles. The Kier molecular flexibility index (Phi) is 6.05. The van der Waals surface area contributed by atoms with Gasteiger partial charge < -0.3 is 9.64 Å². The summed E-state index contributed by atoms with van der Waals surface area (Å²) in [5.41, 5.74) is 1.71. The summed E-state index contributed by atoms with van der Waals surface area (Å²) in [6.07, 6.45) is 4.75. The molecule has 5 heteroatoms. The summed E-state index contributed by atoms with van der Waals surface area (Å²) < 4.78 is 4.82. The first kappa shape index (κ1) is 17.8. The molecule has 1 aliphatic rings. The number of ether oxygens (including phenoxy) is 1. The molecule has 1 aromatic rings. The van der Waals surface area contributed by atoms with E-state index in [1.165, 1.54) is 7.11 Å². The summed E-state index contributed by atoms with van der Waals surface area (Å²) in [7, 11) is 1.34. The highest BCUT2D eigenvalue weighted by Gasteiger charge is 2.32. The van der Waals surface area contributed by atoms with Gasteiger partial charge in [-0.25, -0.2) is 4.79 Å². The molecule has 1 amide bonds. The van der Waals surface area contributed by atoms with Crippen LogP contribution in [0.2, 0.25) is 5.02 Å². The number of benzene rings is 1. The van der Waals surface area contributed by atoms with Crippen molar-refractivity contribution in [3.8, 4) is 0 Å². The molecule has 1 aromatic carbocycles. The van der Waals surface area contributed by atoms with Crippen molar-refractivity contribution in [1.82, 2.24) is 4.90 Å². The smallest absolute Gasteiger partial charge is 0.338 e. The van der Waals surface area contributed by atoms with Crippen LogP contribution in [0, 0.1) is 0 Å². The number of carbonyl (C=O) groups excluding carboxylic acids is 2. The minimum absolute atomic E-state index is 0.0224. The van der Waals surface area contributed by atoms with Crippen LogP contribution in [0.3, 0.4) is 0 Å². The summed E-state index contributed by atoms with van der Waals surface area (Å²) in [6, 6.07) is 3.52. The SMILES string of the molecule is CCCC(CCC)N1CCc2c(C(=O)OC)cc(Cl)cc2C1=O. The van der Waals surface area contributed by atoms with E-state index in [0.29, 0.717) is 29.1 Å². The maximum atomic E-state index is 12.9. The summed E-state index contributed by atoms with van der Waals surface area (Å²) in [5.74, 6) is -0.463. The highest BCUT2D eigenvalue weighted by Crippen LogP contribution is 2.29. The van der Waals surface area contributed by atoms with E-state index in [2.05, 4.69) is 13.8 Å². The molecule has 0 saturated heterocycles. The van der Waals surface area contributed by atoms with Crippen molar-refractivity contribution < 1.29 is 14.3 Å². The molecule has 0 fully saturated rings. The van der Waals surface area contributed by atoms with Gasteiger partial charge in [-0.15, -0.1) is 0 Å². The summed E-state index contributed by atoms with van der Waals surface area (Å²) in [6.45, 7) is 4.91. The molecular weight excluding hydrogens is 314 g/mol. The second kappa shape index (κ2) is 7.82. The Balaban J connectivity index is 2.39. The van der Waals surface area contributed by atoms with E-state index in [-0.39, 0.29) is 11.9 Å². The Hall–Kier alpha value is -1.55. The lowest BCUT2D eigenvalue weighted by Gasteiger charge is -2.36. The predicted molar refractivity (Wildman–Crippen MR) is 91.1 cm³/mol. The van der Waals surface area contributed by atoms with Crippen LogP contribution in [-0.4, -0.2) is 36.5 Å². The van der Waals surface area contributed by atoms with Gasteiger partial charge in [0, 0.05) is 23.2 Å². The van der Waals surface area contributed by atoms with Gasteiger partial charge in [-0.2, -0.15) is 0 Å². The van der Waals surface area contributed by atoms with Crippen molar-refractivity contribution in [1.29, 1.82) is 0 Å². The third kappa shape index (κ3) is 3.69. The number of carbonyl (C=O) groups is 2. The predicted octanol–water partition coefficient (Wildman–Crippen LogP) is 4.09. The average molecular weight is 338 g/mol. The van der Waals surface area contributed by atoms with Gasteiger partial charge >= 0.3 is 5.97 Å². The van der Waals surface area contributed by atoms with E-state index in [4.69, 9.17) is 16.3 Å².